The maximum Gasteiger partial charge on any atom is 0.0935 e. The first kappa shape index (κ1) is 13.5. The zero-order chi connectivity index (χ0) is 12.8. The quantitative estimate of drug-likeness (QED) is 0.814. The van der Waals surface area contributed by atoms with E-state index in [-0.39, 0.29) is 0 Å². The Bertz CT molecular complexity index is 472. The first-order chi connectivity index (χ1) is 8.79. The van der Waals surface area contributed by atoms with Gasteiger partial charge in [0.15, 0.2) is 0 Å². The smallest absolute Gasteiger partial charge is 0.0935 e. The summed E-state index contributed by atoms with van der Waals surface area (Å²) >= 11 is 7.91. The average molecular weight is 282 g/mol. The van der Waals surface area contributed by atoms with E-state index in [1.807, 2.05) is 31.3 Å². The Hall–Kier alpha value is -0.900. The Labute approximate surface area is 117 Å². The fraction of sp³-hybridized carbons (Fsp3) is 0.286. The van der Waals surface area contributed by atoms with Crippen LogP contribution in [0.25, 0.3) is 0 Å². The van der Waals surface area contributed by atoms with Gasteiger partial charge in [0.05, 0.1) is 17.5 Å². The van der Waals surface area contributed by atoms with Crippen molar-refractivity contribution >= 4 is 23.4 Å². The van der Waals surface area contributed by atoms with Gasteiger partial charge < -0.3 is 9.73 Å². The summed E-state index contributed by atoms with van der Waals surface area (Å²) in [6.07, 6.45) is 4.47. The highest BCUT2D eigenvalue weighted by atomic mass is 35.5. The van der Waals surface area contributed by atoms with E-state index >= 15 is 0 Å². The number of benzene rings is 1. The third-order valence-corrected chi connectivity index (χ3v) is 4.42. The maximum atomic E-state index is 6.14. The van der Waals surface area contributed by atoms with Gasteiger partial charge in [0.2, 0.25) is 0 Å². The maximum absolute atomic E-state index is 6.14. The molecule has 0 aliphatic rings. The second-order valence-electron chi connectivity index (χ2n) is 4.06. The molecule has 2 nitrogen and oxygen atoms in total. The predicted molar refractivity (Wildman–Crippen MR) is 77.4 cm³/mol. The van der Waals surface area contributed by atoms with Gasteiger partial charge in [-0.25, -0.2) is 0 Å². The van der Waals surface area contributed by atoms with Crippen molar-refractivity contribution < 1.29 is 4.42 Å². The van der Waals surface area contributed by atoms with Gasteiger partial charge >= 0.3 is 0 Å². The lowest BCUT2D eigenvalue weighted by Crippen LogP contribution is -2.29. The number of rotatable bonds is 6. The van der Waals surface area contributed by atoms with Crippen molar-refractivity contribution in [2.45, 2.75) is 17.4 Å². The van der Waals surface area contributed by atoms with Crippen LogP contribution in [0, 0.1) is 0 Å². The number of nitrogens with one attached hydrogen (secondary N) is 1. The summed E-state index contributed by atoms with van der Waals surface area (Å²) in [7, 11) is 1.98. The Kier molecular flexibility index (Phi) is 5.17. The lowest BCUT2D eigenvalue weighted by atomic mass is 10.1. The van der Waals surface area contributed by atoms with Crippen LogP contribution in [0.4, 0.5) is 0 Å². The van der Waals surface area contributed by atoms with Crippen molar-refractivity contribution in [3.63, 3.8) is 0 Å². The van der Waals surface area contributed by atoms with E-state index in [9.17, 15) is 0 Å². The van der Waals surface area contributed by atoms with E-state index in [4.69, 9.17) is 16.0 Å². The van der Waals surface area contributed by atoms with Gasteiger partial charge in [0, 0.05) is 16.7 Å². The van der Waals surface area contributed by atoms with Crippen molar-refractivity contribution in [1.29, 1.82) is 0 Å². The Morgan fingerprint density at radius 3 is 2.83 bits per heavy atom. The highest BCUT2D eigenvalue weighted by Crippen LogP contribution is 2.27. The highest BCUT2D eigenvalue weighted by Gasteiger charge is 2.10. The minimum absolute atomic E-state index is 0.406. The van der Waals surface area contributed by atoms with E-state index in [1.54, 1.807) is 24.3 Å². The lowest BCUT2D eigenvalue weighted by molar-refractivity contribution is 0.556. The van der Waals surface area contributed by atoms with Crippen LogP contribution in [0.1, 0.15) is 5.56 Å². The molecule has 96 valence electrons. The van der Waals surface area contributed by atoms with Crippen LogP contribution in [0.2, 0.25) is 5.02 Å². The number of thioether (sulfide) groups is 1. The summed E-state index contributed by atoms with van der Waals surface area (Å²) in [5.41, 5.74) is 1.22. The molecule has 0 saturated carbocycles. The highest BCUT2D eigenvalue weighted by molar-refractivity contribution is 7.99. The number of hydrogen-bond acceptors (Lipinski definition) is 3. The van der Waals surface area contributed by atoms with Gasteiger partial charge in [-0.1, -0.05) is 23.7 Å². The fourth-order valence-electron chi connectivity index (χ4n) is 1.69. The second kappa shape index (κ2) is 6.88. The summed E-state index contributed by atoms with van der Waals surface area (Å²) in [5, 5.41) is 4.14. The number of halogens is 1. The molecule has 2 rings (SSSR count). The molecular formula is C14H16ClNOS. The van der Waals surface area contributed by atoms with E-state index in [2.05, 4.69) is 11.4 Å². The van der Waals surface area contributed by atoms with Gasteiger partial charge in [-0.3, -0.25) is 0 Å². The van der Waals surface area contributed by atoms with E-state index in [0.717, 1.165) is 22.1 Å². The summed E-state index contributed by atoms with van der Waals surface area (Å²) in [5.74, 6) is 0.978. The standard InChI is InChI=1S/C14H16ClNOS/c1-16-12(8-11-6-7-17-9-11)10-18-14-5-3-2-4-13(14)15/h2-7,9,12,16H,8,10H2,1H3. The molecule has 0 spiro atoms. The molecule has 1 heterocycles. The summed E-state index contributed by atoms with van der Waals surface area (Å²) < 4.78 is 5.09. The fourth-order valence-corrected chi connectivity index (χ4v) is 3.04. The first-order valence-electron chi connectivity index (χ1n) is 5.85. The van der Waals surface area contributed by atoms with Gasteiger partial charge in [-0.2, -0.15) is 0 Å². The van der Waals surface area contributed by atoms with Crippen LogP contribution >= 0.6 is 23.4 Å². The molecule has 1 N–H and O–H groups in total. The van der Waals surface area contributed by atoms with Crippen molar-refractivity contribution in [3.05, 3.63) is 53.4 Å². The largest absolute Gasteiger partial charge is 0.472 e. The van der Waals surface area contributed by atoms with Crippen molar-refractivity contribution in [2.75, 3.05) is 12.8 Å². The van der Waals surface area contributed by atoms with E-state index in [1.165, 1.54) is 5.56 Å². The molecule has 0 aliphatic heterocycles. The zero-order valence-electron chi connectivity index (χ0n) is 10.2. The predicted octanol–water partition coefficient (Wildman–Crippen LogP) is 3.86. The van der Waals surface area contributed by atoms with Crippen LogP contribution < -0.4 is 5.32 Å². The van der Waals surface area contributed by atoms with Crippen LogP contribution in [0.3, 0.4) is 0 Å². The van der Waals surface area contributed by atoms with Crippen molar-refractivity contribution in [2.24, 2.45) is 0 Å². The normalized spacial score (nSPS) is 12.6. The third kappa shape index (κ3) is 3.80. The van der Waals surface area contributed by atoms with Crippen LogP contribution in [0.5, 0.6) is 0 Å². The third-order valence-electron chi connectivity index (χ3n) is 2.75. The van der Waals surface area contributed by atoms with Gasteiger partial charge in [-0.05, 0) is 37.2 Å². The second-order valence-corrected chi connectivity index (χ2v) is 5.53. The first-order valence-corrected chi connectivity index (χ1v) is 7.21. The Balaban J connectivity index is 1.89. The Morgan fingerprint density at radius 1 is 1.33 bits per heavy atom. The molecule has 1 atom stereocenters. The lowest BCUT2D eigenvalue weighted by Gasteiger charge is -2.15. The molecule has 1 aromatic carbocycles. The van der Waals surface area contributed by atoms with Crippen molar-refractivity contribution in [3.8, 4) is 0 Å². The molecular weight excluding hydrogens is 266 g/mol. The Morgan fingerprint density at radius 2 is 2.17 bits per heavy atom. The minimum atomic E-state index is 0.406. The minimum Gasteiger partial charge on any atom is -0.472 e. The molecule has 1 unspecified atom stereocenters. The van der Waals surface area contributed by atoms with E-state index in [0.29, 0.717) is 6.04 Å². The monoisotopic (exact) mass is 281 g/mol. The molecule has 18 heavy (non-hydrogen) atoms. The van der Waals surface area contributed by atoms with Gasteiger partial charge in [0.25, 0.3) is 0 Å². The molecule has 2 aromatic rings. The zero-order valence-corrected chi connectivity index (χ0v) is 11.8. The van der Waals surface area contributed by atoms with Gasteiger partial charge in [-0.15, -0.1) is 11.8 Å². The molecule has 1 aromatic heterocycles. The molecule has 0 amide bonds. The van der Waals surface area contributed by atoms with Crippen LogP contribution in [-0.2, 0) is 6.42 Å². The molecule has 0 bridgehead atoms. The number of furan rings is 1. The summed E-state index contributed by atoms with van der Waals surface area (Å²) in [4.78, 5) is 1.13. The summed E-state index contributed by atoms with van der Waals surface area (Å²) in [6, 6.07) is 10.4. The molecule has 0 fully saturated rings. The molecule has 0 radical (unpaired) electrons. The molecule has 0 saturated heterocycles. The van der Waals surface area contributed by atoms with E-state index < -0.39 is 0 Å². The topological polar surface area (TPSA) is 25.2 Å². The van der Waals surface area contributed by atoms with Crippen LogP contribution in [-0.4, -0.2) is 18.8 Å². The van der Waals surface area contributed by atoms with Crippen molar-refractivity contribution in [1.82, 2.24) is 5.32 Å². The SMILES string of the molecule is CNC(CSc1ccccc1Cl)Cc1ccoc1. The average Bonchev–Trinajstić information content (AvgIpc) is 2.89. The van der Waals surface area contributed by atoms with Gasteiger partial charge in [0.1, 0.15) is 0 Å². The summed E-state index contributed by atoms with van der Waals surface area (Å²) in [6.45, 7) is 0. The number of likely N-dealkylation sites (N-methyl/N-ethyl adjacent to an activating group) is 1. The molecule has 0 aliphatic carbocycles. The number of hydrogen-bond donors (Lipinski definition) is 1. The molecule has 4 heteroatoms. The van der Waals surface area contributed by atoms with Crippen LogP contribution in [0.15, 0.2) is 52.2 Å².